The number of alkyl halides is 3. The molecule has 0 fully saturated rings. The van der Waals surface area contributed by atoms with Gasteiger partial charge in [0.15, 0.2) is 0 Å². The lowest BCUT2D eigenvalue weighted by molar-refractivity contribution is -0.138. The number of nitrogens with one attached hydrogen (secondary N) is 2. The largest absolute Gasteiger partial charge is 0.494 e. The van der Waals surface area contributed by atoms with E-state index in [0.717, 1.165) is 17.2 Å². The Kier molecular flexibility index (Phi) is 15.3. The van der Waals surface area contributed by atoms with Gasteiger partial charge in [-0.15, -0.1) is 0 Å². The Labute approximate surface area is 359 Å². The zero-order chi connectivity index (χ0) is 45.8. The number of methoxy groups -OCH3 is 2. The molecule has 2 aromatic heterocycles. The lowest BCUT2D eigenvalue weighted by Crippen LogP contribution is -2.31. The number of aryl methyl sites for hydroxylation is 2. The van der Waals surface area contributed by atoms with Crippen molar-refractivity contribution in [3.8, 4) is 34.0 Å². The van der Waals surface area contributed by atoms with E-state index in [-0.39, 0.29) is 41.2 Å². The highest BCUT2D eigenvalue weighted by molar-refractivity contribution is 5.94. The summed E-state index contributed by atoms with van der Waals surface area (Å²) in [4.78, 5) is 56.9. The van der Waals surface area contributed by atoms with Crippen molar-refractivity contribution in [2.75, 3.05) is 14.2 Å². The molecule has 0 aliphatic carbocycles. The Hall–Kier alpha value is -7.62. The molecule has 0 bridgehead atoms. The van der Waals surface area contributed by atoms with Crippen LogP contribution >= 0.6 is 0 Å². The summed E-state index contributed by atoms with van der Waals surface area (Å²) in [5, 5.41) is 23.9. The molecule has 326 valence electrons. The normalized spacial score (nSPS) is 11.9. The Balaban J connectivity index is 0.000000239. The minimum Gasteiger partial charge on any atom is -0.494 e. The standard InChI is InChI=1S/C24H21F3N2O4.C23H21FN2O4/c1-14-7-9-15(10-8-14)19(13-21(30)31)29-23(32)18-11-12-20(33-2)22(28-18)16-5-3-4-6-17(16)24(25,26)27;1-14-6-8-15(9-7-14)19(13-21(27)28)26-23(29)18-10-11-20(30-2)22(25-18)16-4-3-5-17(24)12-16/h3-12,19H,13H2,1-2H3,(H,29,32)(H,30,31);3-12,19H,13H2,1-2H3,(H,26,29)(H,27,28)/t2*19-/m00/s1. The number of carboxylic acids is 2. The number of aliphatic carboxylic acids is 2. The first-order chi connectivity index (χ1) is 30.0. The monoisotopic (exact) mass is 866 g/mol. The molecule has 4 aromatic carbocycles. The van der Waals surface area contributed by atoms with Crippen LogP contribution < -0.4 is 20.1 Å². The summed E-state index contributed by atoms with van der Waals surface area (Å²) in [7, 11) is 2.75. The molecule has 2 atom stereocenters. The summed E-state index contributed by atoms with van der Waals surface area (Å²) >= 11 is 0. The topological polar surface area (TPSA) is 177 Å². The fourth-order valence-corrected chi connectivity index (χ4v) is 6.36. The molecule has 0 spiro atoms. The van der Waals surface area contributed by atoms with Gasteiger partial charge in [0, 0.05) is 11.1 Å². The van der Waals surface area contributed by atoms with E-state index in [0.29, 0.717) is 28.1 Å². The molecule has 0 saturated heterocycles. The van der Waals surface area contributed by atoms with Crippen molar-refractivity contribution < 1.29 is 56.4 Å². The van der Waals surface area contributed by atoms with Crippen LogP contribution in [0.5, 0.6) is 11.5 Å². The number of carboxylic acid groups (broad SMARTS) is 2. The number of rotatable bonds is 14. The second-order valence-corrected chi connectivity index (χ2v) is 14.1. The number of carbonyl (C=O) groups is 4. The number of ether oxygens (including phenoxy) is 2. The second-order valence-electron chi connectivity index (χ2n) is 14.1. The average Bonchev–Trinajstić information content (AvgIpc) is 3.25. The molecule has 0 unspecified atom stereocenters. The molecular formula is C47H42F4N4O8. The number of carbonyl (C=O) groups excluding carboxylic acids is 2. The molecule has 6 aromatic rings. The predicted octanol–water partition coefficient (Wildman–Crippen LogP) is 9.18. The molecule has 0 aliphatic heterocycles. The van der Waals surface area contributed by atoms with E-state index in [1.165, 1.54) is 62.8 Å². The minimum absolute atomic E-state index is 0.0591. The van der Waals surface area contributed by atoms with Crippen LogP contribution in [0, 0.1) is 19.7 Å². The molecule has 0 radical (unpaired) electrons. The van der Waals surface area contributed by atoms with Crippen LogP contribution in [0.2, 0.25) is 0 Å². The Bertz CT molecular complexity index is 2590. The van der Waals surface area contributed by atoms with Crippen LogP contribution in [0.15, 0.2) is 121 Å². The molecule has 12 nitrogen and oxygen atoms in total. The zero-order valence-corrected chi connectivity index (χ0v) is 34.4. The van der Waals surface area contributed by atoms with Crippen molar-refractivity contribution in [3.05, 3.63) is 166 Å². The van der Waals surface area contributed by atoms with Crippen molar-refractivity contribution in [1.82, 2.24) is 20.6 Å². The molecule has 63 heavy (non-hydrogen) atoms. The SMILES string of the molecule is COc1ccc(C(=O)N[C@@H](CC(=O)O)c2ccc(C)cc2)nc1-c1cccc(F)c1.COc1ccc(C(=O)N[C@@H](CC(=O)O)c2ccc(C)cc2)nc1-c1ccccc1C(F)(F)F. The quantitative estimate of drug-likeness (QED) is 0.0772. The summed E-state index contributed by atoms with van der Waals surface area (Å²) in [6.45, 7) is 3.79. The summed E-state index contributed by atoms with van der Waals surface area (Å²) in [5.74, 6) is -3.42. The van der Waals surface area contributed by atoms with Crippen molar-refractivity contribution >= 4 is 23.8 Å². The zero-order valence-electron chi connectivity index (χ0n) is 34.4. The van der Waals surface area contributed by atoms with Gasteiger partial charge < -0.3 is 30.3 Å². The molecule has 4 N–H and O–H groups in total. The lowest BCUT2D eigenvalue weighted by atomic mass is 10.0. The van der Waals surface area contributed by atoms with Gasteiger partial charge in [-0.3, -0.25) is 19.2 Å². The number of benzene rings is 4. The molecular weight excluding hydrogens is 825 g/mol. The molecule has 2 heterocycles. The van der Waals surface area contributed by atoms with Gasteiger partial charge >= 0.3 is 18.1 Å². The van der Waals surface area contributed by atoms with Crippen LogP contribution in [0.3, 0.4) is 0 Å². The van der Waals surface area contributed by atoms with Gasteiger partial charge in [-0.05, 0) is 67.4 Å². The first-order valence-corrected chi connectivity index (χ1v) is 19.2. The van der Waals surface area contributed by atoms with Crippen molar-refractivity contribution in [2.45, 2.75) is 44.9 Å². The number of amides is 2. The van der Waals surface area contributed by atoms with Crippen molar-refractivity contribution in [2.24, 2.45) is 0 Å². The van der Waals surface area contributed by atoms with E-state index in [9.17, 15) is 47.0 Å². The van der Waals surface area contributed by atoms with Gasteiger partial charge in [-0.25, -0.2) is 14.4 Å². The number of aromatic nitrogens is 2. The van der Waals surface area contributed by atoms with Gasteiger partial charge in [0.25, 0.3) is 11.8 Å². The molecule has 6 rings (SSSR count). The third-order valence-electron chi connectivity index (χ3n) is 9.53. The van der Waals surface area contributed by atoms with Crippen LogP contribution in [-0.2, 0) is 15.8 Å². The molecule has 2 amide bonds. The first kappa shape index (κ1) is 46.4. The third kappa shape index (κ3) is 12.5. The molecule has 0 aliphatic rings. The number of hydrogen-bond donors (Lipinski definition) is 4. The fraction of sp³-hybridized carbons (Fsp3) is 0.191. The number of halogens is 4. The number of nitrogens with zero attached hydrogens (tertiary/aromatic N) is 2. The van der Waals surface area contributed by atoms with E-state index < -0.39 is 53.4 Å². The maximum atomic E-state index is 13.7. The van der Waals surface area contributed by atoms with E-state index >= 15 is 0 Å². The fourth-order valence-electron chi connectivity index (χ4n) is 6.36. The Morgan fingerprint density at radius 2 is 1.08 bits per heavy atom. The van der Waals surface area contributed by atoms with Gasteiger partial charge in [0.2, 0.25) is 0 Å². The maximum Gasteiger partial charge on any atom is 0.417 e. The highest BCUT2D eigenvalue weighted by atomic mass is 19.4. The Morgan fingerprint density at radius 3 is 1.52 bits per heavy atom. The van der Waals surface area contributed by atoms with E-state index in [2.05, 4.69) is 20.6 Å². The summed E-state index contributed by atoms with van der Waals surface area (Å²) in [5.41, 5.74) is 2.60. The van der Waals surface area contributed by atoms with E-state index in [4.69, 9.17) is 9.47 Å². The number of pyridine rings is 2. The third-order valence-corrected chi connectivity index (χ3v) is 9.53. The van der Waals surface area contributed by atoms with Crippen LogP contribution in [0.25, 0.3) is 22.5 Å². The minimum atomic E-state index is -4.64. The van der Waals surface area contributed by atoms with Gasteiger partial charge in [-0.1, -0.05) is 90.0 Å². The van der Waals surface area contributed by atoms with E-state index in [1.54, 1.807) is 54.6 Å². The highest BCUT2D eigenvalue weighted by Crippen LogP contribution is 2.39. The first-order valence-electron chi connectivity index (χ1n) is 19.2. The van der Waals surface area contributed by atoms with E-state index in [1.807, 2.05) is 26.0 Å². The lowest BCUT2D eigenvalue weighted by Gasteiger charge is -2.19. The van der Waals surface area contributed by atoms with Gasteiger partial charge in [-0.2, -0.15) is 13.2 Å². The van der Waals surface area contributed by atoms with Crippen molar-refractivity contribution in [3.63, 3.8) is 0 Å². The predicted molar refractivity (Wildman–Crippen MR) is 225 cm³/mol. The van der Waals surface area contributed by atoms with Crippen LogP contribution in [0.1, 0.15) is 73.7 Å². The smallest absolute Gasteiger partial charge is 0.417 e. The van der Waals surface area contributed by atoms with Crippen LogP contribution in [0.4, 0.5) is 17.6 Å². The highest BCUT2D eigenvalue weighted by Gasteiger charge is 2.35. The number of hydrogen-bond acceptors (Lipinski definition) is 8. The molecule has 0 saturated carbocycles. The summed E-state index contributed by atoms with van der Waals surface area (Å²) in [6, 6.07) is 29.0. The second kappa shape index (κ2) is 20.8. The Morgan fingerprint density at radius 1 is 0.619 bits per heavy atom. The van der Waals surface area contributed by atoms with Crippen molar-refractivity contribution in [1.29, 1.82) is 0 Å². The maximum absolute atomic E-state index is 13.7. The average molecular weight is 867 g/mol. The summed E-state index contributed by atoms with van der Waals surface area (Å²) in [6.07, 6.45) is -5.30. The van der Waals surface area contributed by atoms with Gasteiger partial charge in [0.05, 0.1) is 44.7 Å². The molecule has 16 heteroatoms. The van der Waals surface area contributed by atoms with Gasteiger partial charge in [0.1, 0.15) is 40.1 Å². The summed E-state index contributed by atoms with van der Waals surface area (Å²) < 4.78 is 64.7. The van der Waals surface area contributed by atoms with Crippen LogP contribution in [-0.4, -0.2) is 58.2 Å².